The van der Waals surface area contributed by atoms with E-state index in [9.17, 15) is 0 Å². The summed E-state index contributed by atoms with van der Waals surface area (Å²) in [6.45, 7) is 11.3. The summed E-state index contributed by atoms with van der Waals surface area (Å²) in [5.41, 5.74) is 0.685. The van der Waals surface area contributed by atoms with Crippen LogP contribution in [0.2, 0.25) is 0 Å². The van der Waals surface area contributed by atoms with Gasteiger partial charge in [-0.2, -0.15) is 0 Å². The van der Waals surface area contributed by atoms with Crippen LogP contribution in [0.1, 0.15) is 52.9 Å². The molecule has 0 bridgehead atoms. The Bertz CT molecular complexity index is 197. The Balaban J connectivity index is 1.73. The van der Waals surface area contributed by atoms with Gasteiger partial charge in [-0.25, -0.2) is 0 Å². The quantitative estimate of drug-likeness (QED) is 0.687. The third-order valence-corrected chi connectivity index (χ3v) is 4.74. The monoisotopic (exact) mass is 209 g/mol. The predicted molar refractivity (Wildman–Crippen MR) is 66.0 cm³/mol. The van der Waals surface area contributed by atoms with Crippen LogP contribution in [0.25, 0.3) is 0 Å². The van der Waals surface area contributed by atoms with Gasteiger partial charge in [0, 0.05) is 6.54 Å². The highest BCUT2D eigenvalue weighted by atomic mass is 15.1. The molecule has 0 atom stereocenters. The van der Waals surface area contributed by atoms with E-state index >= 15 is 0 Å². The van der Waals surface area contributed by atoms with E-state index < -0.39 is 0 Å². The number of hydrogen-bond acceptors (Lipinski definition) is 1. The van der Waals surface area contributed by atoms with Crippen molar-refractivity contribution in [2.45, 2.75) is 52.9 Å². The Morgan fingerprint density at radius 1 is 1.20 bits per heavy atom. The van der Waals surface area contributed by atoms with Gasteiger partial charge < -0.3 is 4.90 Å². The molecule has 0 aromatic heterocycles. The molecule has 0 amide bonds. The Hall–Kier alpha value is -0.0400. The lowest BCUT2D eigenvalue weighted by Gasteiger charge is -2.44. The van der Waals surface area contributed by atoms with E-state index in [1.807, 2.05) is 0 Å². The minimum atomic E-state index is 0.685. The Kier molecular flexibility index (Phi) is 3.39. The van der Waals surface area contributed by atoms with Gasteiger partial charge in [-0.15, -0.1) is 0 Å². The molecule has 0 aromatic carbocycles. The average Bonchev–Trinajstić information content (AvgIpc) is 2.16. The van der Waals surface area contributed by atoms with E-state index in [1.165, 1.54) is 51.7 Å². The Morgan fingerprint density at radius 3 is 2.20 bits per heavy atom. The fourth-order valence-electron chi connectivity index (χ4n) is 3.26. The van der Waals surface area contributed by atoms with Gasteiger partial charge in [0.25, 0.3) is 0 Å². The minimum absolute atomic E-state index is 0.685. The molecule has 0 radical (unpaired) electrons. The first-order valence-electron chi connectivity index (χ1n) is 6.81. The van der Waals surface area contributed by atoms with Crippen LogP contribution in [-0.2, 0) is 0 Å². The molecular formula is C14H27N. The van der Waals surface area contributed by atoms with E-state index in [0.29, 0.717) is 5.41 Å². The van der Waals surface area contributed by atoms with Crippen molar-refractivity contribution in [3.63, 3.8) is 0 Å². The highest BCUT2D eigenvalue weighted by Crippen LogP contribution is 2.41. The molecule has 1 aliphatic heterocycles. The zero-order valence-corrected chi connectivity index (χ0v) is 10.8. The van der Waals surface area contributed by atoms with Crippen LogP contribution in [-0.4, -0.2) is 24.5 Å². The largest absolute Gasteiger partial charge is 0.303 e. The summed E-state index contributed by atoms with van der Waals surface area (Å²) >= 11 is 0. The number of piperidine rings is 1. The molecule has 1 aliphatic carbocycles. The van der Waals surface area contributed by atoms with Crippen LogP contribution in [0.3, 0.4) is 0 Å². The topological polar surface area (TPSA) is 3.24 Å². The molecule has 1 heterocycles. The van der Waals surface area contributed by atoms with Crippen molar-refractivity contribution in [3.8, 4) is 0 Å². The Labute approximate surface area is 95.2 Å². The molecule has 0 N–H and O–H groups in total. The van der Waals surface area contributed by atoms with Gasteiger partial charge >= 0.3 is 0 Å². The molecule has 2 rings (SSSR count). The second-order valence-corrected chi connectivity index (χ2v) is 6.52. The molecule has 1 nitrogen and oxygen atoms in total. The van der Waals surface area contributed by atoms with Gasteiger partial charge in [-0.3, -0.25) is 0 Å². The standard InChI is InChI=1S/C14H27N/c1-12(2)13-5-9-15(10-6-13)11-14(3)7-4-8-14/h12-13H,4-11H2,1-3H3. The third-order valence-electron chi connectivity index (χ3n) is 4.74. The van der Waals surface area contributed by atoms with Crippen molar-refractivity contribution in [2.75, 3.05) is 19.6 Å². The van der Waals surface area contributed by atoms with E-state index in [0.717, 1.165) is 11.8 Å². The molecule has 1 saturated heterocycles. The molecular weight excluding hydrogens is 182 g/mol. The summed E-state index contributed by atoms with van der Waals surface area (Å²) in [5.74, 6) is 1.89. The summed E-state index contributed by atoms with van der Waals surface area (Å²) in [7, 11) is 0. The maximum absolute atomic E-state index is 2.72. The van der Waals surface area contributed by atoms with Gasteiger partial charge in [0.1, 0.15) is 0 Å². The number of rotatable bonds is 3. The Morgan fingerprint density at radius 2 is 1.80 bits per heavy atom. The molecule has 2 fully saturated rings. The second kappa shape index (κ2) is 4.45. The van der Waals surface area contributed by atoms with Crippen LogP contribution in [0.15, 0.2) is 0 Å². The molecule has 1 heteroatoms. The summed E-state index contributed by atoms with van der Waals surface area (Å²) in [5, 5.41) is 0. The van der Waals surface area contributed by atoms with Gasteiger partial charge in [0.15, 0.2) is 0 Å². The molecule has 0 spiro atoms. The first kappa shape index (κ1) is 11.4. The smallest absolute Gasteiger partial charge is 0.00353 e. The van der Waals surface area contributed by atoms with Crippen molar-refractivity contribution >= 4 is 0 Å². The van der Waals surface area contributed by atoms with Crippen LogP contribution in [0.5, 0.6) is 0 Å². The van der Waals surface area contributed by atoms with Crippen molar-refractivity contribution in [1.82, 2.24) is 4.90 Å². The number of hydrogen-bond donors (Lipinski definition) is 0. The molecule has 2 aliphatic rings. The predicted octanol–water partition coefficient (Wildman–Crippen LogP) is 3.54. The fraction of sp³-hybridized carbons (Fsp3) is 1.00. The maximum Gasteiger partial charge on any atom is 0.00353 e. The lowest BCUT2D eigenvalue weighted by atomic mass is 9.70. The molecule has 88 valence electrons. The van der Waals surface area contributed by atoms with E-state index in [4.69, 9.17) is 0 Å². The summed E-state index contributed by atoms with van der Waals surface area (Å²) in [4.78, 5) is 2.72. The average molecular weight is 209 g/mol. The summed E-state index contributed by atoms with van der Waals surface area (Å²) in [6.07, 6.45) is 7.29. The van der Waals surface area contributed by atoms with Crippen molar-refractivity contribution in [2.24, 2.45) is 17.3 Å². The molecule has 0 unspecified atom stereocenters. The van der Waals surface area contributed by atoms with Crippen LogP contribution < -0.4 is 0 Å². The fourth-order valence-corrected chi connectivity index (χ4v) is 3.26. The van der Waals surface area contributed by atoms with Crippen molar-refractivity contribution in [3.05, 3.63) is 0 Å². The van der Waals surface area contributed by atoms with Crippen molar-refractivity contribution < 1.29 is 0 Å². The SMILES string of the molecule is CC(C)C1CCN(CC2(C)CCC2)CC1. The van der Waals surface area contributed by atoms with Gasteiger partial charge in [0.05, 0.1) is 0 Å². The molecule has 1 saturated carbocycles. The normalized spacial score (nSPS) is 28.0. The third kappa shape index (κ3) is 2.75. The molecule has 15 heavy (non-hydrogen) atoms. The van der Waals surface area contributed by atoms with Gasteiger partial charge in [-0.1, -0.05) is 27.2 Å². The zero-order chi connectivity index (χ0) is 10.9. The molecule has 0 aromatic rings. The van der Waals surface area contributed by atoms with Crippen LogP contribution in [0, 0.1) is 17.3 Å². The lowest BCUT2D eigenvalue weighted by molar-refractivity contribution is 0.0578. The lowest BCUT2D eigenvalue weighted by Crippen LogP contribution is -2.44. The summed E-state index contributed by atoms with van der Waals surface area (Å²) < 4.78 is 0. The first-order chi connectivity index (χ1) is 7.09. The van der Waals surface area contributed by atoms with Gasteiger partial charge in [0.2, 0.25) is 0 Å². The van der Waals surface area contributed by atoms with Crippen LogP contribution in [0.4, 0.5) is 0 Å². The first-order valence-corrected chi connectivity index (χ1v) is 6.81. The number of likely N-dealkylation sites (tertiary alicyclic amines) is 1. The highest BCUT2D eigenvalue weighted by Gasteiger charge is 2.34. The minimum Gasteiger partial charge on any atom is -0.303 e. The highest BCUT2D eigenvalue weighted by molar-refractivity contribution is 4.87. The number of nitrogens with zero attached hydrogens (tertiary/aromatic N) is 1. The zero-order valence-electron chi connectivity index (χ0n) is 10.8. The van der Waals surface area contributed by atoms with E-state index in [2.05, 4.69) is 25.7 Å². The van der Waals surface area contributed by atoms with E-state index in [-0.39, 0.29) is 0 Å². The summed E-state index contributed by atoms with van der Waals surface area (Å²) in [6, 6.07) is 0. The van der Waals surface area contributed by atoms with Gasteiger partial charge in [-0.05, 0) is 56.0 Å². The van der Waals surface area contributed by atoms with E-state index in [1.54, 1.807) is 0 Å². The van der Waals surface area contributed by atoms with Crippen molar-refractivity contribution in [1.29, 1.82) is 0 Å². The van der Waals surface area contributed by atoms with Crippen LogP contribution >= 0.6 is 0 Å². The second-order valence-electron chi connectivity index (χ2n) is 6.52. The maximum atomic E-state index is 2.72.